The van der Waals surface area contributed by atoms with Crippen molar-refractivity contribution in [1.82, 2.24) is 4.98 Å². The first-order valence-corrected chi connectivity index (χ1v) is 6.72. The summed E-state index contributed by atoms with van der Waals surface area (Å²) in [7, 11) is 0. The zero-order valence-corrected chi connectivity index (χ0v) is 11.3. The van der Waals surface area contributed by atoms with Gasteiger partial charge in [-0.2, -0.15) is 0 Å². The molecule has 7 nitrogen and oxygen atoms in total. The molecule has 1 aliphatic heterocycles. The Balaban J connectivity index is 1.79. The number of nitrogens with one attached hydrogen (secondary N) is 1. The first-order valence-electron chi connectivity index (χ1n) is 6.72. The maximum absolute atomic E-state index is 11.0. The summed E-state index contributed by atoms with van der Waals surface area (Å²) in [5.74, 6) is 0.392. The average molecular weight is 289 g/mol. The number of non-ortho nitro benzene ring substituents is 1. The van der Waals surface area contributed by atoms with Crippen LogP contribution in [0.25, 0.3) is 10.8 Å². The Bertz CT molecular complexity index is 656. The molecule has 3 rings (SSSR count). The smallest absolute Gasteiger partial charge is 0.278 e. The van der Waals surface area contributed by atoms with E-state index >= 15 is 0 Å². The molecular weight excluding hydrogens is 274 g/mol. The standard InChI is InChI=1S/C14H15N3O4/c18-17(19)14-2-1-13(11-3-5-15-7-12(11)14)16-21-9-10-4-6-20-8-10/h1-3,5,7,10,16H,4,6,8-9H2. The Kier molecular flexibility index (Phi) is 3.94. The molecule has 21 heavy (non-hydrogen) atoms. The molecule has 0 aliphatic carbocycles. The van der Waals surface area contributed by atoms with Crippen LogP contribution in [0.4, 0.5) is 11.4 Å². The fourth-order valence-electron chi connectivity index (χ4n) is 2.38. The van der Waals surface area contributed by atoms with Gasteiger partial charge in [0.1, 0.15) is 0 Å². The lowest BCUT2D eigenvalue weighted by molar-refractivity contribution is -0.383. The molecule has 1 aromatic heterocycles. The van der Waals surface area contributed by atoms with Crippen LogP contribution in [0.2, 0.25) is 0 Å². The SMILES string of the molecule is O=[N+]([O-])c1ccc(NOCC2CCOC2)c2ccncc12. The number of nitro groups is 1. The number of rotatable bonds is 5. The largest absolute Gasteiger partial charge is 0.381 e. The summed E-state index contributed by atoms with van der Waals surface area (Å²) >= 11 is 0. The molecule has 2 aromatic rings. The maximum Gasteiger partial charge on any atom is 0.278 e. The first-order chi connectivity index (χ1) is 10.3. The van der Waals surface area contributed by atoms with Gasteiger partial charge < -0.3 is 4.74 Å². The van der Waals surface area contributed by atoms with E-state index in [1.165, 1.54) is 12.3 Å². The van der Waals surface area contributed by atoms with E-state index in [1.807, 2.05) is 0 Å². The molecule has 0 amide bonds. The topological polar surface area (TPSA) is 86.5 Å². The van der Waals surface area contributed by atoms with Gasteiger partial charge in [0.2, 0.25) is 0 Å². The highest BCUT2D eigenvalue weighted by molar-refractivity contribution is 5.98. The molecule has 0 saturated carbocycles. The summed E-state index contributed by atoms with van der Waals surface area (Å²) in [5.41, 5.74) is 3.60. The third kappa shape index (κ3) is 2.93. The van der Waals surface area contributed by atoms with E-state index < -0.39 is 4.92 Å². The number of pyridine rings is 1. The summed E-state index contributed by atoms with van der Waals surface area (Å²) in [6.07, 6.45) is 4.08. The molecule has 1 atom stereocenters. The van der Waals surface area contributed by atoms with E-state index in [0.717, 1.165) is 13.0 Å². The van der Waals surface area contributed by atoms with Crippen molar-refractivity contribution in [2.75, 3.05) is 25.3 Å². The van der Waals surface area contributed by atoms with Crippen molar-refractivity contribution in [3.05, 3.63) is 40.7 Å². The molecule has 0 bridgehead atoms. The van der Waals surface area contributed by atoms with Gasteiger partial charge in [-0.25, -0.2) is 0 Å². The molecule has 1 unspecified atom stereocenters. The summed E-state index contributed by atoms with van der Waals surface area (Å²) in [5, 5.41) is 12.2. The molecule has 1 fully saturated rings. The molecule has 1 aliphatic rings. The monoisotopic (exact) mass is 289 g/mol. The van der Waals surface area contributed by atoms with Crippen LogP contribution in [-0.4, -0.2) is 29.7 Å². The van der Waals surface area contributed by atoms with E-state index in [-0.39, 0.29) is 5.69 Å². The number of nitrogens with zero attached hydrogens (tertiary/aromatic N) is 2. The fourth-order valence-corrected chi connectivity index (χ4v) is 2.38. The minimum absolute atomic E-state index is 0.0350. The van der Waals surface area contributed by atoms with Crippen LogP contribution in [0.3, 0.4) is 0 Å². The molecule has 110 valence electrons. The molecular formula is C14H15N3O4. The maximum atomic E-state index is 11.0. The quantitative estimate of drug-likeness (QED) is 0.672. The first kappa shape index (κ1) is 13.7. The highest BCUT2D eigenvalue weighted by Gasteiger charge is 2.17. The number of anilines is 1. The molecule has 0 radical (unpaired) electrons. The molecule has 1 saturated heterocycles. The normalized spacial score (nSPS) is 18.0. The minimum Gasteiger partial charge on any atom is -0.381 e. The van der Waals surface area contributed by atoms with Crippen molar-refractivity contribution < 1.29 is 14.5 Å². The van der Waals surface area contributed by atoms with Gasteiger partial charge >= 0.3 is 0 Å². The molecule has 2 heterocycles. The summed E-state index contributed by atoms with van der Waals surface area (Å²) < 4.78 is 5.28. The van der Waals surface area contributed by atoms with Gasteiger partial charge in [0.25, 0.3) is 5.69 Å². The van der Waals surface area contributed by atoms with Crippen molar-refractivity contribution >= 4 is 22.1 Å². The Morgan fingerprint density at radius 2 is 2.33 bits per heavy atom. The number of fused-ring (bicyclic) bond motifs is 1. The van der Waals surface area contributed by atoms with Crippen molar-refractivity contribution in [2.24, 2.45) is 5.92 Å². The predicted molar refractivity (Wildman–Crippen MR) is 76.9 cm³/mol. The third-order valence-electron chi connectivity index (χ3n) is 3.52. The Hall–Kier alpha value is -2.25. The number of aromatic nitrogens is 1. The second-order valence-electron chi connectivity index (χ2n) is 4.95. The van der Waals surface area contributed by atoms with Crippen molar-refractivity contribution in [3.8, 4) is 0 Å². The lowest BCUT2D eigenvalue weighted by Gasteiger charge is -2.12. The zero-order valence-electron chi connectivity index (χ0n) is 11.3. The lowest BCUT2D eigenvalue weighted by atomic mass is 10.1. The van der Waals surface area contributed by atoms with E-state index in [4.69, 9.17) is 9.57 Å². The second-order valence-corrected chi connectivity index (χ2v) is 4.95. The van der Waals surface area contributed by atoms with Crippen molar-refractivity contribution in [2.45, 2.75) is 6.42 Å². The Morgan fingerprint density at radius 3 is 3.10 bits per heavy atom. The van der Waals surface area contributed by atoms with E-state index in [0.29, 0.717) is 35.6 Å². The van der Waals surface area contributed by atoms with Crippen LogP contribution in [0, 0.1) is 16.0 Å². The number of hydrogen-bond acceptors (Lipinski definition) is 6. The Morgan fingerprint density at radius 1 is 1.43 bits per heavy atom. The average Bonchev–Trinajstić information content (AvgIpc) is 3.00. The van der Waals surface area contributed by atoms with E-state index in [2.05, 4.69) is 10.5 Å². The summed E-state index contributed by atoms with van der Waals surface area (Å²) in [4.78, 5) is 20.1. The van der Waals surface area contributed by atoms with Gasteiger partial charge in [-0.15, -0.1) is 0 Å². The highest BCUT2D eigenvalue weighted by Crippen LogP contribution is 2.30. The minimum atomic E-state index is -0.412. The van der Waals surface area contributed by atoms with Gasteiger partial charge in [-0.3, -0.25) is 25.4 Å². The molecule has 7 heteroatoms. The third-order valence-corrected chi connectivity index (χ3v) is 3.52. The van der Waals surface area contributed by atoms with Crippen LogP contribution >= 0.6 is 0 Å². The molecule has 0 spiro atoms. The second kappa shape index (κ2) is 6.02. The number of ether oxygens (including phenoxy) is 1. The van der Waals surface area contributed by atoms with Crippen molar-refractivity contribution in [1.29, 1.82) is 0 Å². The number of hydrogen-bond donors (Lipinski definition) is 1. The van der Waals surface area contributed by atoms with Gasteiger partial charge in [0, 0.05) is 36.4 Å². The number of benzene rings is 1. The number of nitro benzene ring substituents is 1. The summed E-state index contributed by atoms with van der Waals surface area (Å²) in [6, 6.07) is 4.83. The van der Waals surface area contributed by atoms with Gasteiger partial charge in [-0.05, 0) is 18.6 Å². The Labute approximate surface area is 121 Å². The van der Waals surface area contributed by atoms with Gasteiger partial charge in [-0.1, -0.05) is 0 Å². The van der Waals surface area contributed by atoms with Gasteiger partial charge in [0.15, 0.2) is 0 Å². The zero-order chi connectivity index (χ0) is 14.7. The van der Waals surface area contributed by atoms with E-state index in [9.17, 15) is 10.1 Å². The van der Waals surface area contributed by atoms with Crippen LogP contribution in [0.5, 0.6) is 0 Å². The summed E-state index contributed by atoms with van der Waals surface area (Å²) in [6.45, 7) is 2.04. The van der Waals surface area contributed by atoms with Crippen LogP contribution in [-0.2, 0) is 9.57 Å². The molecule has 1 aromatic carbocycles. The van der Waals surface area contributed by atoms with Crippen LogP contribution in [0.1, 0.15) is 6.42 Å². The molecule has 1 N–H and O–H groups in total. The van der Waals surface area contributed by atoms with Crippen LogP contribution in [0.15, 0.2) is 30.6 Å². The lowest BCUT2D eigenvalue weighted by Crippen LogP contribution is -2.13. The van der Waals surface area contributed by atoms with Gasteiger partial charge in [0.05, 0.1) is 29.2 Å². The van der Waals surface area contributed by atoms with E-state index in [1.54, 1.807) is 18.3 Å². The van der Waals surface area contributed by atoms with Crippen molar-refractivity contribution in [3.63, 3.8) is 0 Å². The fraction of sp³-hybridized carbons (Fsp3) is 0.357. The van der Waals surface area contributed by atoms with Crippen LogP contribution < -0.4 is 5.48 Å². The highest BCUT2D eigenvalue weighted by atomic mass is 16.6. The predicted octanol–water partition coefficient (Wildman–Crippen LogP) is 2.52.